The summed E-state index contributed by atoms with van der Waals surface area (Å²) < 4.78 is 37.8. The van der Waals surface area contributed by atoms with E-state index in [0.717, 1.165) is 6.07 Å². The van der Waals surface area contributed by atoms with E-state index in [0.29, 0.717) is 5.69 Å². The molecule has 0 radical (unpaired) electrons. The molecule has 0 saturated heterocycles. The minimum absolute atomic E-state index is 0.0465. The second-order valence-electron chi connectivity index (χ2n) is 3.52. The normalized spacial score (nSPS) is 11.9. The lowest BCUT2D eigenvalue weighted by Gasteiger charge is -2.17. The molecule has 0 aliphatic carbocycles. The predicted octanol–water partition coefficient (Wildman–Crippen LogP) is 3.27. The van der Waals surface area contributed by atoms with E-state index >= 15 is 0 Å². The molecule has 84 valence electrons. The summed E-state index contributed by atoms with van der Waals surface area (Å²) in [5.41, 5.74) is -0.156. The van der Waals surface area contributed by atoms with Gasteiger partial charge in [-0.15, -0.1) is 0 Å². The van der Waals surface area contributed by atoms with Gasteiger partial charge in [0.2, 0.25) is 0 Å². The number of hydrogen-bond donors (Lipinski definition) is 1. The summed E-state index contributed by atoms with van der Waals surface area (Å²) >= 11 is 0. The molecule has 0 aliphatic rings. The summed E-state index contributed by atoms with van der Waals surface area (Å²) in [4.78, 5) is 3.96. The quantitative estimate of drug-likeness (QED) is 0.824. The van der Waals surface area contributed by atoms with Crippen molar-refractivity contribution >= 4 is 5.69 Å². The Bertz CT molecular complexity index is 345. The largest absolute Gasteiger partial charge is 0.418 e. The van der Waals surface area contributed by atoms with Crippen LogP contribution in [0.1, 0.15) is 31.0 Å². The molecule has 0 aromatic carbocycles. The number of halogens is 3. The monoisotopic (exact) mass is 218 g/mol. The second-order valence-corrected chi connectivity index (χ2v) is 3.52. The lowest BCUT2D eigenvalue weighted by molar-refractivity contribution is -0.137. The number of aromatic nitrogens is 1. The van der Waals surface area contributed by atoms with E-state index in [2.05, 4.69) is 10.3 Å². The standard InChI is InChI=1S/C10H13F3N2/c1-6(2)8-9(14-3)7(4-5-15-8)10(11,12)13/h4-6,14H,1-3H3. The molecule has 0 aliphatic heterocycles. The number of pyridine rings is 1. The molecular formula is C10H13F3N2. The fourth-order valence-corrected chi connectivity index (χ4v) is 1.41. The molecular weight excluding hydrogens is 205 g/mol. The zero-order chi connectivity index (χ0) is 11.6. The van der Waals surface area contributed by atoms with Gasteiger partial charge in [-0.1, -0.05) is 13.8 Å². The second kappa shape index (κ2) is 4.08. The van der Waals surface area contributed by atoms with E-state index < -0.39 is 11.7 Å². The van der Waals surface area contributed by atoms with Crippen LogP contribution >= 0.6 is 0 Å². The molecule has 15 heavy (non-hydrogen) atoms. The maximum absolute atomic E-state index is 12.6. The molecule has 0 amide bonds. The zero-order valence-electron chi connectivity index (χ0n) is 8.81. The van der Waals surface area contributed by atoms with Crippen molar-refractivity contribution in [2.45, 2.75) is 25.9 Å². The van der Waals surface area contributed by atoms with E-state index in [1.165, 1.54) is 13.2 Å². The molecule has 2 nitrogen and oxygen atoms in total. The smallest absolute Gasteiger partial charge is 0.386 e. The topological polar surface area (TPSA) is 24.9 Å². The first-order valence-electron chi connectivity index (χ1n) is 4.61. The highest BCUT2D eigenvalue weighted by molar-refractivity contribution is 5.56. The van der Waals surface area contributed by atoms with Crippen LogP contribution in [0.4, 0.5) is 18.9 Å². The van der Waals surface area contributed by atoms with Gasteiger partial charge in [0.15, 0.2) is 0 Å². The van der Waals surface area contributed by atoms with Gasteiger partial charge in [-0.2, -0.15) is 13.2 Å². The van der Waals surface area contributed by atoms with Gasteiger partial charge in [-0.3, -0.25) is 4.98 Å². The van der Waals surface area contributed by atoms with Gasteiger partial charge >= 0.3 is 6.18 Å². The molecule has 0 saturated carbocycles. The Morgan fingerprint density at radius 1 is 1.33 bits per heavy atom. The Morgan fingerprint density at radius 2 is 1.93 bits per heavy atom. The van der Waals surface area contributed by atoms with Crippen molar-refractivity contribution in [3.63, 3.8) is 0 Å². The van der Waals surface area contributed by atoms with Crippen molar-refractivity contribution in [2.75, 3.05) is 12.4 Å². The zero-order valence-corrected chi connectivity index (χ0v) is 8.81. The van der Waals surface area contributed by atoms with Crippen LogP contribution in [0.3, 0.4) is 0 Å². The number of alkyl halides is 3. The Kier molecular flexibility index (Phi) is 3.21. The van der Waals surface area contributed by atoms with E-state index in [-0.39, 0.29) is 11.6 Å². The minimum Gasteiger partial charge on any atom is -0.386 e. The van der Waals surface area contributed by atoms with E-state index in [9.17, 15) is 13.2 Å². The van der Waals surface area contributed by atoms with Gasteiger partial charge in [0.05, 0.1) is 16.9 Å². The number of rotatable bonds is 2. The fourth-order valence-electron chi connectivity index (χ4n) is 1.41. The SMILES string of the molecule is CNc1c(C(F)(F)F)ccnc1C(C)C. The number of anilines is 1. The average Bonchev–Trinajstić information content (AvgIpc) is 2.15. The fraction of sp³-hybridized carbons (Fsp3) is 0.500. The van der Waals surface area contributed by atoms with Gasteiger partial charge < -0.3 is 5.32 Å². The van der Waals surface area contributed by atoms with E-state index in [1.807, 2.05) is 13.8 Å². The highest BCUT2D eigenvalue weighted by atomic mass is 19.4. The molecule has 1 aromatic rings. The van der Waals surface area contributed by atoms with Gasteiger partial charge in [0.25, 0.3) is 0 Å². The molecule has 1 rings (SSSR count). The molecule has 0 fully saturated rings. The van der Waals surface area contributed by atoms with Crippen molar-refractivity contribution in [2.24, 2.45) is 0 Å². The maximum atomic E-state index is 12.6. The van der Waals surface area contributed by atoms with Gasteiger partial charge in [0.1, 0.15) is 0 Å². The summed E-state index contributed by atoms with van der Waals surface area (Å²) in [6, 6.07) is 0.984. The number of hydrogen-bond acceptors (Lipinski definition) is 2. The van der Waals surface area contributed by atoms with Crippen LogP contribution in [-0.4, -0.2) is 12.0 Å². The first-order chi connectivity index (χ1) is 6.88. The van der Waals surface area contributed by atoms with Crippen molar-refractivity contribution in [1.82, 2.24) is 4.98 Å². The van der Waals surface area contributed by atoms with Crippen LogP contribution < -0.4 is 5.32 Å². The third-order valence-corrected chi connectivity index (χ3v) is 2.08. The lowest BCUT2D eigenvalue weighted by Crippen LogP contribution is -2.12. The van der Waals surface area contributed by atoms with Crippen molar-refractivity contribution in [3.05, 3.63) is 23.5 Å². The molecule has 5 heteroatoms. The van der Waals surface area contributed by atoms with Crippen LogP contribution in [0.2, 0.25) is 0 Å². The van der Waals surface area contributed by atoms with Gasteiger partial charge in [0, 0.05) is 13.2 Å². The number of nitrogens with one attached hydrogen (secondary N) is 1. The van der Waals surface area contributed by atoms with Crippen LogP contribution in [0, 0.1) is 0 Å². The third-order valence-electron chi connectivity index (χ3n) is 2.08. The summed E-state index contributed by atoms with van der Waals surface area (Å²) in [5.74, 6) is -0.0465. The molecule has 0 bridgehead atoms. The lowest BCUT2D eigenvalue weighted by atomic mass is 10.0. The average molecular weight is 218 g/mol. The molecule has 0 atom stereocenters. The van der Waals surface area contributed by atoms with Crippen molar-refractivity contribution in [1.29, 1.82) is 0 Å². The van der Waals surface area contributed by atoms with Crippen LogP contribution in [0.5, 0.6) is 0 Å². The summed E-state index contributed by atoms with van der Waals surface area (Å²) in [6.07, 6.45) is -3.15. The first-order valence-corrected chi connectivity index (χ1v) is 4.61. The molecule has 1 aromatic heterocycles. The third kappa shape index (κ3) is 2.40. The summed E-state index contributed by atoms with van der Waals surface area (Å²) in [6.45, 7) is 3.62. The Labute approximate surface area is 86.5 Å². The van der Waals surface area contributed by atoms with Crippen LogP contribution in [0.25, 0.3) is 0 Å². The van der Waals surface area contributed by atoms with Crippen LogP contribution in [-0.2, 0) is 6.18 Å². The molecule has 1 heterocycles. The van der Waals surface area contributed by atoms with Gasteiger partial charge in [-0.25, -0.2) is 0 Å². The number of nitrogens with zero attached hydrogens (tertiary/aromatic N) is 1. The molecule has 0 unspecified atom stereocenters. The highest BCUT2D eigenvalue weighted by Gasteiger charge is 2.34. The van der Waals surface area contributed by atoms with E-state index in [4.69, 9.17) is 0 Å². The van der Waals surface area contributed by atoms with Gasteiger partial charge in [-0.05, 0) is 12.0 Å². The summed E-state index contributed by atoms with van der Waals surface area (Å²) in [7, 11) is 1.47. The Hall–Kier alpha value is -1.26. The Morgan fingerprint density at radius 3 is 2.33 bits per heavy atom. The molecule has 1 N–H and O–H groups in total. The Balaban J connectivity index is 3.35. The maximum Gasteiger partial charge on any atom is 0.418 e. The van der Waals surface area contributed by atoms with Crippen molar-refractivity contribution in [3.8, 4) is 0 Å². The molecule has 0 spiro atoms. The predicted molar refractivity (Wildman–Crippen MR) is 52.9 cm³/mol. The van der Waals surface area contributed by atoms with Crippen LogP contribution in [0.15, 0.2) is 12.3 Å². The van der Waals surface area contributed by atoms with Crippen molar-refractivity contribution < 1.29 is 13.2 Å². The minimum atomic E-state index is -4.34. The van der Waals surface area contributed by atoms with E-state index in [1.54, 1.807) is 0 Å². The summed E-state index contributed by atoms with van der Waals surface area (Å²) in [5, 5.41) is 2.57. The highest BCUT2D eigenvalue weighted by Crippen LogP contribution is 2.37. The first kappa shape index (κ1) is 11.8.